The number of carbonyl (C=O) groups excluding carboxylic acids is 1. The van der Waals surface area contributed by atoms with E-state index in [-0.39, 0.29) is 11.8 Å². The van der Waals surface area contributed by atoms with Crippen LogP contribution in [0.2, 0.25) is 0 Å². The molecule has 0 bridgehead atoms. The van der Waals surface area contributed by atoms with Crippen LogP contribution in [0.15, 0.2) is 90.3 Å². The van der Waals surface area contributed by atoms with Crippen molar-refractivity contribution in [3.05, 3.63) is 101 Å². The number of nitrogen functional groups attached to an aromatic ring is 1. The summed E-state index contributed by atoms with van der Waals surface area (Å²) in [5.41, 5.74) is 10.5. The maximum atomic E-state index is 12.8. The summed E-state index contributed by atoms with van der Waals surface area (Å²) < 4.78 is 0. The van der Waals surface area contributed by atoms with Crippen molar-refractivity contribution in [2.24, 2.45) is 0 Å². The predicted molar refractivity (Wildman–Crippen MR) is 120 cm³/mol. The normalized spacial score (nSPS) is 10.8. The van der Waals surface area contributed by atoms with E-state index in [1.807, 2.05) is 66.0 Å². The highest BCUT2D eigenvalue weighted by Crippen LogP contribution is 2.29. The molecule has 3 aromatic carbocycles. The molecule has 4 rings (SSSR count). The predicted octanol–water partition coefficient (Wildman–Crippen LogP) is 5.55. The molecule has 0 saturated carbocycles. The van der Waals surface area contributed by atoms with Crippen LogP contribution in [-0.4, -0.2) is 10.9 Å². The van der Waals surface area contributed by atoms with E-state index in [1.54, 1.807) is 0 Å². The first-order valence-corrected chi connectivity index (χ1v) is 10.3. The lowest BCUT2D eigenvalue weighted by molar-refractivity contribution is -0.116. The molecule has 0 atom stereocenters. The van der Waals surface area contributed by atoms with Crippen molar-refractivity contribution in [3.8, 4) is 11.3 Å². The van der Waals surface area contributed by atoms with Gasteiger partial charge in [0.1, 0.15) is 0 Å². The van der Waals surface area contributed by atoms with Crippen LogP contribution in [0, 0.1) is 0 Å². The number of thiazole rings is 1. The molecule has 0 fully saturated rings. The van der Waals surface area contributed by atoms with Crippen molar-refractivity contribution in [2.75, 3.05) is 11.1 Å². The highest BCUT2D eigenvalue weighted by atomic mass is 32.1. The van der Waals surface area contributed by atoms with Crippen molar-refractivity contribution in [1.82, 2.24) is 4.98 Å². The van der Waals surface area contributed by atoms with Gasteiger partial charge in [0.25, 0.3) is 0 Å². The zero-order valence-corrected chi connectivity index (χ0v) is 16.6. The van der Waals surface area contributed by atoms with E-state index in [9.17, 15) is 4.79 Å². The second-order valence-electron chi connectivity index (χ2n) is 6.79. The highest BCUT2D eigenvalue weighted by molar-refractivity contribution is 7.14. The molecule has 0 aliphatic rings. The molecule has 3 N–H and O–H groups in total. The van der Waals surface area contributed by atoms with Gasteiger partial charge < -0.3 is 11.1 Å². The Morgan fingerprint density at radius 3 is 2.07 bits per heavy atom. The van der Waals surface area contributed by atoms with Crippen LogP contribution in [0.25, 0.3) is 11.3 Å². The Labute approximate surface area is 174 Å². The molecule has 0 aliphatic carbocycles. The third-order valence-electron chi connectivity index (χ3n) is 4.75. The molecular formula is C24H21N3OS. The maximum absolute atomic E-state index is 12.8. The number of nitrogens with zero attached hydrogens (tertiary/aromatic N) is 1. The number of aromatic nitrogens is 1. The number of amides is 1. The van der Waals surface area contributed by atoms with Gasteiger partial charge in [0.2, 0.25) is 5.91 Å². The Morgan fingerprint density at radius 1 is 0.897 bits per heavy atom. The molecule has 0 radical (unpaired) electrons. The second kappa shape index (κ2) is 8.71. The fraction of sp³-hybridized carbons (Fsp3) is 0.0833. The topological polar surface area (TPSA) is 68.0 Å². The van der Waals surface area contributed by atoms with Crippen LogP contribution in [0.5, 0.6) is 0 Å². The number of benzene rings is 3. The van der Waals surface area contributed by atoms with Gasteiger partial charge in [-0.2, -0.15) is 0 Å². The number of hydrogen-bond donors (Lipinski definition) is 2. The average Bonchev–Trinajstić information content (AvgIpc) is 3.22. The van der Waals surface area contributed by atoms with Crippen LogP contribution < -0.4 is 11.1 Å². The molecule has 4 aromatic rings. The van der Waals surface area contributed by atoms with Crippen LogP contribution in [0.3, 0.4) is 0 Å². The molecule has 5 heteroatoms. The van der Waals surface area contributed by atoms with E-state index < -0.39 is 0 Å². The summed E-state index contributed by atoms with van der Waals surface area (Å²) in [7, 11) is 0. The van der Waals surface area contributed by atoms with Crippen molar-refractivity contribution >= 4 is 28.1 Å². The smallest absolute Gasteiger partial charge is 0.227 e. The van der Waals surface area contributed by atoms with E-state index in [2.05, 4.69) is 34.6 Å². The number of nitrogens with one attached hydrogen (secondary N) is 1. The summed E-state index contributed by atoms with van der Waals surface area (Å²) in [6.45, 7) is 0. The van der Waals surface area contributed by atoms with Gasteiger partial charge in [0.05, 0.1) is 5.69 Å². The summed E-state index contributed by atoms with van der Waals surface area (Å²) in [6, 6.07) is 27.8. The van der Waals surface area contributed by atoms with Gasteiger partial charge in [-0.1, -0.05) is 72.8 Å². The summed E-state index contributed by atoms with van der Waals surface area (Å²) in [6.07, 6.45) is 0.352. The number of nitrogens with two attached hydrogens (primary N) is 1. The van der Waals surface area contributed by atoms with Gasteiger partial charge in [0.15, 0.2) is 5.13 Å². The molecule has 1 amide bonds. The first-order valence-electron chi connectivity index (χ1n) is 9.40. The Balaban J connectivity index is 1.49. The SMILES string of the molecule is Nc1ccc(-c2csc(NC(=O)CC(c3ccccc3)c3ccccc3)n2)cc1. The maximum Gasteiger partial charge on any atom is 0.227 e. The fourth-order valence-electron chi connectivity index (χ4n) is 3.27. The van der Waals surface area contributed by atoms with Gasteiger partial charge in [-0.05, 0) is 23.3 Å². The molecule has 29 heavy (non-hydrogen) atoms. The molecular weight excluding hydrogens is 378 g/mol. The lowest BCUT2D eigenvalue weighted by Crippen LogP contribution is -2.16. The van der Waals surface area contributed by atoms with Crippen molar-refractivity contribution in [1.29, 1.82) is 0 Å². The first kappa shape index (κ1) is 18.9. The minimum atomic E-state index is -0.0547. The summed E-state index contributed by atoms with van der Waals surface area (Å²) >= 11 is 1.42. The standard InChI is InChI=1S/C24H21N3OS/c25-20-13-11-19(12-14-20)22-16-29-24(26-22)27-23(28)15-21(17-7-3-1-4-8-17)18-9-5-2-6-10-18/h1-14,16,21H,15,25H2,(H,26,27,28). The summed E-state index contributed by atoms with van der Waals surface area (Å²) in [5.74, 6) is -0.0603. The molecule has 0 unspecified atom stereocenters. The molecule has 0 saturated heterocycles. The van der Waals surface area contributed by atoms with Crippen molar-refractivity contribution in [2.45, 2.75) is 12.3 Å². The van der Waals surface area contributed by atoms with E-state index in [0.717, 1.165) is 22.4 Å². The van der Waals surface area contributed by atoms with Crippen LogP contribution in [0.1, 0.15) is 23.5 Å². The van der Waals surface area contributed by atoms with E-state index in [0.29, 0.717) is 17.2 Å². The van der Waals surface area contributed by atoms with Crippen molar-refractivity contribution in [3.63, 3.8) is 0 Å². The third-order valence-corrected chi connectivity index (χ3v) is 5.51. The average molecular weight is 400 g/mol. The number of carbonyl (C=O) groups is 1. The Morgan fingerprint density at radius 2 is 1.48 bits per heavy atom. The Bertz CT molecular complexity index is 1040. The minimum absolute atomic E-state index is 0.00562. The Kier molecular flexibility index (Phi) is 5.68. The third kappa shape index (κ3) is 4.70. The molecule has 0 spiro atoms. The van der Waals surface area contributed by atoms with Gasteiger partial charge in [-0.3, -0.25) is 4.79 Å². The summed E-state index contributed by atoms with van der Waals surface area (Å²) in [4.78, 5) is 17.3. The van der Waals surface area contributed by atoms with Gasteiger partial charge >= 0.3 is 0 Å². The number of anilines is 2. The van der Waals surface area contributed by atoms with Crippen molar-refractivity contribution < 1.29 is 4.79 Å². The first-order chi connectivity index (χ1) is 14.2. The highest BCUT2D eigenvalue weighted by Gasteiger charge is 2.19. The van der Waals surface area contributed by atoms with E-state index in [4.69, 9.17) is 5.73 Å². The van der Waals surface area contributed by atoms with Gasteiger partial charge in [-0.25, -0.2) is 4.98 Å². The lowest BCUT2D eigenvalue weighted by atomic mass is 9.88. The molecule has 1 aromatic heterocycles. The van der Waals surface area contributed by atoms with Crippen LogP contribution >= 0.6 is 11.3 Å². The lowest BCUT2D eigenvalue weighted by Gasteiger charge is -2.17. The molecule has 4 nitrogen and oxygen atoms in total. The number of rotatable bonds is 6. The van der Waals surface area contributed by atoms with E-state index in [1.165, 1.54) is 11.3 Å². The molecule has 144 valence electrons. The van der Waals surface area contributed by atoms with E-state index >= 15 is 0 Å². The van der Waals surface area contributed by atoms with Gasteiger partial charge in [0, 0.05) is 29.0 Å². The second-order valence-corrected chi connectivity index (χ2v) is 7.64. The monoisotopic (exact) mass is 399 g/mol. The van der Waals surface area contributed by atoms with Crippen LogP contribution in [0.4, 0.5) is 10.8 Å². The number of hydrogen-bond acceptors (Lipinski definition) is 4. The Hall–Kier alpha value is -3.44. The minimum Gasteiger partial charge on any atom is -0.399 e. The zero-order valence-electron chi connectivity index (χ0n) is 15.8. The van der Waals surface area contributed by atoms with Gasteiger partial charge in [-0.15, -0.1) is 11.3 Å². The fourth-order valence-corrected chi connectivity index (χ4v) is 4.01. The largest absolute Gasteiger partial charge is 0.399 e. The summed E-state index contributed by atoms with van der Waals surface area (Å²) in [5, 5.41) is 5.49. The quantitative estimate of drug-likeness (QED) is 0.418. The zero-order chi connectivity index (χ0) is 20.1. The van der Waals surface area contributed by atoms with Crippen LogP contribution in [-0.2, 0) is 4.79 Å². The molecule has 1 heterocycles. The molecule has 0 aliphatic heterocycles.